The molecule has 3 aromatic carbocycles. The molecule has 1 heterocycles. The first-order chi connectivity index (χ1) is 16.8. The highest BCUT2D eigenvalue weighted by Crippen LogP contribution is 2.22. The summed E-state index contributed by atoms with van der Waals surface area (Å²) in [5.74, 6) is 0.666. The molecule has 0 atom stereocenters. The van der Waals surface area contributed by atoms with Gasteiger partial charge in [0.05, 0.1) is 28.4 Å². The van der Waals surface area contributed by atoms with Gasteiger partial charge in [-0.15, -0.1) is 0 Å². The Kier molecular flexibility index (Phi) is 7.23. The third-order valence-corrected chi connectivity index (χ3v) is 7.03. The highest BCUT2D eigenvalue weighted by atomic mass is 79.9. The van der Waals surface area contributed by atoms with Crippen molar-refractivity contribution in [2.24, 2.45) is 4.99 Å². The number of H-pyrrole nitrogens is 1. The van der Waals surface area contributed by atoms with Crippen molar-refractivity contribution < 1.29 is 13.2 Å². The Morgan fingerprint density at radius 1 is 1.03 bits per heavy atom. The predicted octanol–water partition coefficient (Wildman–Crippen LogP) is 5.19. The summed E-state index contributed by atoms with van der Waals surface area (Å²) < 4.78 is 35.7. The van der Waals surface area contributed by atoms with Crippen molar-refractivity contribution in [3.8, 4) is 11.4 Å². The number of ether oxygens (including phenoxy) is 1. The van der Waals surface area contributed by atoms with Gasteiger partial charge < -0.3 is 4.74 Å². The summed E-state index contributed by atoms with van der Waals surface area (Å²) in [6.07, 6.45) is 1.48. The number of benzene rings is 3. The van der Waals surface area contributed by atoms with E-state index in [9.17, 15) is 13.2 Å². The number of rotatable bonds is 8. The molecule has 0 saturated carbocycles. The normalized spacial score (nSPS) is 11.6. The largest absolute Gasteiger partial charge is 0.494 e. The Bertz CT molecular complexity index is 1510. The topological polar surface area (TPSA) is 106 Å². The van der Waals surface area contributed by atoms with Gasteiger partial charge in [-0.25, -0.2) is 13.1 Å². The molecule has 180 valence electrons. The number of hydrogen-bond donors (Lipinski definition) is 2. The minimum Gasteiger partial charge on any atom is -0.494 e. The molecule has 0 spiro atoms. The maximum atomic E-state index is 12.8. The van der Waals surface area contributed by atoms with E-state index in [4.69, 9.17) is 4.74 Å². The van der Waals surface area contributed by atoms with E-state index >= 15 is 0 Å². The Morgan fingerprint density at radius 2 is 1.69 bits per heavy atom. The van der Waals surface area contributed by atoms with Crippen LogP contribution in [0, 0.1) is 6.92 Å². The summed E-state index contributed by atoms with van der Waals surface area (Å²) in [6.45, 7) is 4.20. The fraction of sp³-hybridized carbons (Fsp3) is 0.120. The number of hydrogen-bond acceptors (Lipinski definition) is 5. The number of anilines is 1. The zero-order chi connectivity index (χ0) is 25.0. The molecule has 0 radical (unpaired) electrons. The summed E-state index contributed by atoms with van der Waals surface area (Å²) in [5.41, 5.74) is 2.51. The van der Waals surface area contributed by atoms with Crippen LogP contribution in [0.15, 0.2) is 92.0 Å². The molecule has 8 nitrogen and oxygen atoms in total. The maximum absolute atomic E-state index is 12.8. The number of halogens is 1. The molecular weight excluding hydrogens is 532 g/mol. The van der Waals surface area contributed by atoms with Crippen LogP contribution in [-0.4, -0.2) is 31.0 Å². The lowest BCUT2D eigenvalue weighted by molar-refractivity contribution is 0.340. The molecule has 0 aliphatic heterocycles. The predicted molar refractivity (Wildman–Crippen MR) is 141 cm³/mol. The van der Waals surface area contributed by atoms with Crippen LogP contribution in [0.25, 0.3) is 5.69 Å². The molecule has 0 amide bonds. The molecule has 0 unspecified atom stereocenters. The summed E-state index contributed by atoms with van der Waals surface area (Å²) in [7, 11) is -3.77. The van der Waals surface area contributed by atoms with Gasteiger partial charge in [-0.05, 0) is 86.6 Å². The lowest BCUT2D eigenvalue weighted by Crippen LogP contribution is -2.17. The molecule has 0 aliphatic carbocycles. The van der Waals surface area contributed by atoms with E-state index in [2.05, 4.69) is 30.7 Å². The Labute approximate surface area is 211 Å². The van der Waals surface area contributed by atoms with Gasteiger partial charge >= 0.3 is 0 Å². The first kappa shape index (κ1) is 24.5. The second kappa shape index (κ2) is 10.3. The van der Waals surface area contributed by atoms with Crippen LogP contribution in [0.4, 0.5) is 11.4 Å². The average molecular weight is 555 g/mol. The van der Waals surface area contributed by atoms with Crippen molar-refractivity contribution >= 4 is 43.5 Å². The molecule has 10 heteroatoms. The highest BCUT2D eigenvalue weighted by Gasteiger charge is 2.14. The van der Waals surface area contributed by atoms with E-state index in [0.717, 1.165) is 4.47 Å². The molecule has 0 fully saturated rings. The van der Waals surface area contributed by atoms with Crippen LogP contribution in [0.3, 0.4) is 0 Å². The monoisotopic (exact) mass is 554 g/mol. The molecule has 0 saturated heterocycles. The lowest BCUT2D eigenvalue weighted by atomic mass is 10.2. The van der Waals surface area contributed by atoms with Crippen LogP contribution in [0.2, 0.25) is 0 Å². The van der Waals surface area contributed by atoms with Gasteiger partial charge in [0, 0.05) is 22.1 Å². The van der Waals surface area contributed by atoms with E-state index in [0.29, 0.717) is 40.7 Å². The summed E-state index contributed by atoms with van der Waals surface area (Å²) >= 11 is 3.38. The smallest absolute Gasteiger partial charge is 0.280 e. The minimum absolute atomic E-state index is 0.0979. The minimum atomic E-state index is -3.77. The van der Waals surface area contributed by atoms with Crippen LogP contribution < -0.4 is 15.0 Å². The van der Waals surface area contributed by atoms with E-state index < -0.39 is 10.0 Å². The number of sulfonamides is 1. The van der Waals surface area contributed by atoms with Gasteiger partial charge in [-0.3, -0.25) is 19.6 Å². The van der Waals surface area contributed by atoms with Crippen molar-refractivity contribution in [2.75, 3.05) is 11.3 Å². The molecule has 0 aliphatic rings. The third-order valence-electron chi connectivity index (χ3n) is 5.11. The fourth-order valence-electron chi connectivity index (χ4n) is 3.33. The Hall–Kier alpha value is -3.63. The van der Waals surface area contributed by atoms with E-state index in [1.165, 1.54) is 23.0 Å². The second-order valence-corrected chi connectivity index (χ2v) is 10.2. The Morgan fingerprint density at radius 3 is 2.31 bits per heavy atom. The van der Waals surface area contributed by atoms with Gasteiger partial charge in [0.15, 0.2) is 0 Å². The first-order valence-corrected chi connectivity index (χ1v) is 13.0. The van der Waals surface area contributed by atoms with E-state index in [-0.39, 0.29) is 10.5 Å². The first-order valence-electron chi connectivity index (χ1n) is 10.7. The van der Waals surface area contributed by atoms with Gasteiger partial charge in [-0.2, -0.15) is 0 Å². The SMILES string of the molecule is CCOc1ccc(NS(=O)(=O)c2ccc(N=Cc3c(C)[nH]n(-c4ccc(Br)cc4)c3=O)cc2)cc1. The van der Waals surface area contributed by atoms with Gasteiger partial charge in [0.1, 0.15) is 5.75 Å². The van der Waals surface area contributed by atoms with Crippen molar-refractivity contribution in [3.63, 3.8) is 0 Å². The number of aromatic nitrogens is 2. The molecule has 2 N–H and O–H groups in total. The maximum Gasteiger partial charge on any atom is 0.280 e. The van der Waals surface area contributed by atoms with E-state index in [1.54, 1.807) is 43.3 Å². The third kappa shape index (κ3) is 5.72. The zero-order valence-electron chi connectivity index (χ0n) is 19.0. The van der Waals surface area contributed by atoms with Crippen molar-refractivity contribution in [1.29, 1.82) is 0 Å². The van der Waals surface area contributed by atoms with Crippen molar-refractivity contribution in [1.82, 2.24) is 9.78 Å². The summed E-state index contributed by atoms with van der Waals surface area (Å²) in [5, 5.41) is 3.05. The molecule has 4 rings (SSSR count). The van der Waals surface area contributed by atoms with Crippen LogP contribution in [0.1, 0.15) is 18.2 Å². The van der Waals surface area contributed by atoms with Gasteiger partial charge in [0.2, 0.25) is 0 Å². The molecule has 1 aromatic heterocycles. The fourth-order valence-corrected chi connectivity index (χ4v) is 4.66. The lowest BCUT2D eigenvalue weighted by Gasteiger charge is -2.09. The number of aromatic amines is 1. The van der Waals surface area contributed by atoms with Crippen LogP contribution in [-0.2, 0) is 10.0 Å². The zero-order valence-corrected chi connectivity index (χ0v) is 21.4. The summed E-state index contributed by atoms with van der Waals surface area (Å²) in [6, 6.07) is 20.1. The van der Waals surface area contributed by atoms with Gasteiger partial charge in [-0.1, -0.05) is 15.9 Å². The van der Waals surface area contributed by atoms with Gasteiger partial charge in [0.25, 0.3) is 15.6 Å². The molecule has 35 heavy (non-hydrogen) atoms. The Balaban J connectivity index is 1.50. The van der Waals surface area contributed by atoms with Crippen molar-refractivity contribution in [3.05, 3.63) is 98.9 Å². The van der Waals surface area contributed by atoms with E-state index in [1.807, 2.05) is 31.2 Å². The van der Waals surface area contributed by atoms with Crippen LogP contribution in [0.5, 0.6) is 5.75 Å². The number of nitrogens with one attached hydrogen (secondary N) is 2. The van der Waals surface area contributed by atoms with Crippen LogP contribution >= 0.6 is 15.9 Å². The number of aryl methyl sites for hydroxylation is 1. The number of aliphatic imine (C=N–C) groups is 1. The molecular formula is C25H23BrN4O4S. The van der Waals surface area contributed by atoms with Crippen molar-refractivity contribution in [2.45, 2.75) is 18.7 Å². The highest BCUT2D eigenvalue weighted by molar-refractivity contribution is 9.10. The number of nitrogens with zero attached hydrogens (tertiary/aromatic N) is 2. The molecule has 4 aromatic rings. The second-order valence-electron chi connectivity index (χ2n) is 7.58. The standard InChI is InChI=1S/C25H23BrN4O4S/c1-3-34-22-12-6-20(7-13-22)29-35(32,33)23-14-8-19(9-15-23)27-16-24-17(2)28-30(25(24)31)21-10-4-18(26)5-11-21/h4-16,28-29H,3H2,1-2H3. The summed E-state index contributed by atoms with van der Waals surface area (Å²) in [4.78, 5) is 17.3. The molecule has 0 bridgehead atoms. The quantitative estimate of drug-likeness (QED) is 0.292. The average Bonchev–Trinajstić information content (AvgIpc) is 3.13.